The number of hydrogen-bond acceptors (Lipinski definition) is 9. The van der Waals surface area contributed by atoms with Crippen molar-refractivity contribution >= 4 is 41.2 Å². The Balaban J connectivity index is 2.33. The van der Waals surface area contributed by atoms with E-state index in [0.717, 1.165) is 5.56 Å². The molecule has 0 aromatic heterocycles. The lowest BCUT2D eigenvalue weighted by molar-refractivity contribution is -0.142. The number of para-hydroxylation sites is 1. The van der Waals surface area contributed by atoms with Crippen LogP contribution in [0.25, 0.3) is 0 Å². The Morgan fingerprint density at radius 2 is 1.37 bits per heavy atom. The maximum Gasteiger partial charge on any atom is 0.410 e. The smallest absolute Gasteiger partial charge is 0.410 e. The molecule has 2 aromatic rings. The predicted molar refractivity (Wildman–Crippen MR) is 160 cm³/mol. The third-order valence-corrected chi connectivity index (χ3v) is 6.09. The van der Waals surface area contributed by atoms with Gasteiger partial charge in [-0.15, -0.1) is 0 Å². The Morgan fingerprint density at radius 3 is 1.95 bits per heavy atom. The lowest BCUT2D eigenvalue weighted by atomic mass is 10.1. The lowest BCUT2D eigenvalue weighted by Crippen LogP contribution is -2.37. The number of nitrogens with zero attached hydrogens (tertiary/aromatic N) is 1. The van der Waals surface area contributed by atoms with Gasteiger partial charge in [-0.3, -0.25) is 19.2 Å². The van der Waals surface area contributed by atoms with E-state index in [1.807, 2.05) is 18.2 Å². The van der Waals surface area contributed by atoms with Gasteiger partial charge in [0, 0.05) is 36.3 Å². The number of carbonyl (C=O) groups is 5. The van der Waals surface area contributed by atoms with Crippen molar-refractivity contribution in [2.45, 2.75) is 65.0 Å². The van der Waals surface area contributed by atoms with E-state index in [4.69, 9.17) is 9.47 Å². The lowest BCUT2D eigenvalue weighted by Gasteiger charge is -2.28. The fourth-order valence-electron chi connectivity index (χ4n) is 3.93. The third kappa shape index (κ3) is 12.4. The van der Waals surface area contributed by atoms with Gasteiger partial charge in [0.05, 0.1) is 40.7 Å². The van der Waals surface area contributed by atoms with Crippen LogP contribution in [0.5, 0.6) is 5.75 Å². The molecule has 0 spiro atoms. The normalized spacial score (nSPS) is 10.7. The average Bonchev–Trinajstić information content (AvgIpc) is 2.96. The van der Waals surface area contributed by atoms with Gasteiger partial charge in [-0.05, 0) is 57.0 Å². The predicted octanol–water partition coefficient (Wildman–Crippen LogP) is 4.46. The van der Waals surface area contributed by atoms with Crippen LogP contribution in [-0.2, 0) is 46.4 Å². The summed E-state index contributed by atoms with van der Waals surface area (Å²) in [5.41, 5.74) is 1.54. The van der Waals surface area contributed by atoms with Crippen LogP contribution in [0.3, 0.4) is 0 Å². The second-order valence-electron chi connectivity index (χ2n) is 10.6. The number of ether oxygens (including phenoxy) is 4. The van der Waals surface area contributed by atoms with Crippen molar-refractivity contribution in [2.75, 3.05) is 38.5 Å². The molecule has 234 valence electrons. The Kier molecular flexibility index (Phi) is 13.5. The molecule has 2 rings (SSSR count). The molecule has 0 aliphatic heterocycles. The first-order valence-electron chi connectivity index (χ1n) is 13.8. The molecule has 0 radical (unpaired) electrons. The van der Waals surface area contributed by atoms with Gasteiger partial charge in [-0.1, -0.05) is 18.2 Å². The molecule has 0 atom stereocenters. The van der Waals surface area contributed by atoms with Crippen molar-refractivity contribution in [1.82, 2.24) is 4.90 Å². The fraction of sp³-hybridized carbons (Fsp3) is 0.452. The van der Waals surface area contributed by atoms with Crippen LogP contribution in [0.2, 0.25) is 0 Å². The summed E-state index contributed by atoms with van der Waals surface area (Å²) in [7, 11) is 4.05. The summed E-state index contributed by atoms with van der Waals surface area (Å²) in [5.74, 6) is -1.19. The summed E-state index contributed by atoms with van der Waals surface area (Å²) in [6.07, 6.45) is -0.578. The Bertz CT molecular complexity index is 1290. The molecule has 43 heavy (non-hydrogen) atoms. The zero-order valence-corrected chi connectivity index (χ0v) is 25.6. The van der Waals surface area contributed by atoms with Crippen LogP contribution >= 0.6 is 0 Å². The van der Waals surface area contributed by atoms with Crippen LogP contribution < -0.4 is 15.4 Å². The van der Waals surface area contributed by atoms with Gasteiger partial charge in [0.1, 0.15) is 11.4 Å². The van der Waals surface area contributed by atoms with E-state index in [0.29, 0.717) is 22.7 Å². The molecule has 3 amide bonds. The molecule has 0 fully saturated rings. The van der Waals surface area contributed by atoms with E-state index in [1.54, 1.807) is 52.1 Å². The minimum absolute atomic E-state index is 0.0701. The standard InChI is InChI=1S/C31H41N3O9/c1-31(2,3)43-30(39)34(20-22-9-7-8-10-25(22)40-4)18-17-21-19-23(32-26(35)13-15-28(37)41-5)11-12-24(21)33-27(36)14-16-29(38)42-6/h7-12,19H,13-18,20H2,1-6H3,(H,32,35)(H,33,36). The van der Waals surface area contributed by atoms with Crippen LogP contribution in [0.1, 0.15) is 57.6 Å². The molecule has 0 bridgehead atoms. The highest BCUT2D eigenvalue weighted by molar-refractivity contribution is 5.95. The molecule has 0 unspecified atom stereocenters. The van der Waals surface area contributed by atoms with E-state index < -0.39 is 35.4 Å². The average molecular weight is 600 g/mol. The van der Waals surface area contributed by atoms with Crippen molar-refractivity contribution in [3.05, 3.63) is 53.6 Å². The minimum atomic E-state index is -0.733. The zero-order chi connectivity index (χ0) is 32.0. The number of nitrogens with one attached hydrogen (secondary N) is 2. The van der Waals surface area contributed by atoms with E-state index in [-0.39, 0.29) is 45.2 Å². The summed E-state index contributed by atoms with van der Waals surface area (Å²) < 4.78 is 20.3. The van der Waals surface area contributed by atoms with Gasteiger partial charge < -0.3 is 34.5 Å². The topological polar surface area (TPSA) is 150 Å². The van der Waals surface area contributed by atoms with Gasteiger partial charge >= 0.3 is 18.0 Å². The molecule has 0 saturated heterocycles. The van der Waals surface area contributed by atoms with Crippen LogP contribution in [0.15, 0.2) is 42.5 Å². The molecule has 0 aliphatic carbocycles. The Morgan fingerprint density at radius 1 is 0.767 bits per heavy atom. The van der Waals surface area contributed by atoms with E-state index in [1.165, 1.54) is 19.1 Å². The molecule has 2 aromatic carbocycles. The quantitative estimate of drug-likeness (QED) is 0.237. The van der Waals surface area contributed by atoms with E-state index in [9.17, 15) is 24.0 Å². The molecule has 12 nitrogen and oxygen atoms in total. The van der Waals surface area contributed by atoms with Crippen molar-refractivity contribution in [3.8, 4) is 5.75 Å². The van der Waals surface area contributed by atoms with Crippen LogP contribution in [0, 0.1) is 0 Å². The molecule has 0 heterocycles. The number of methoxy groups -OCH3 is 3. The van der Waals surface area contributed by atoms with Crippen molar-refractivity contribution < 1.29 is 42.9 Å². The van der Waals surface area contributed by atoms with Crippen molar-refractivity contribution in [3.63, 3.8) is 0 Å². The number of carbonyl (C=O) groups excluding carboxylic acids is 5. The molecule has 0 aliphatic rings. The number of rotatable bonds is 14. The second-order valence-corrected chi connectivity index (χ2v) is 10.6. The number of amides is 3. The van der Waals surface area contributed by atoms with Gasteiger partial charge in [0.15, 0.2) is 0 Å². The first-order chi connectivity index (χ1) is 20.3. The third-order valence-electron chi connectivity index (χ3n) is 6.09. The van der Waals surface area contributed by atoms with Gasteiger partial charge in [0.25, 0.3) is 0 Å². The first-order valence-corrected chi connectivity index (χ1v) is 13.8. The van der Waals surface area contributed by atoms with Crippen molar-refractivity contribution in [1.29, 1.82) is 0 Å². The number of hydrogen-bond donors (Lipinski definition) is 2. The minimum Gasteiger partial charge on any atom is -0.496 e. The monoisotopic (exact) mass is 599 g/mol. The van der Waals surface area contributed by atoms with E-state index >= 15 is 0 Å². The van der Waals surface area contributed by atoms with E-state index in [2.05, 4.69) is 20.1 Å². The van der Waals surface area contributed by atoms with Gasteiger partial charge in [-0.2, -0.15) is 0 Å². The van der Waals surface area contributed by atoms with Crippen LogP contribution in [-0.4, -0.2) is 68.2 Å². The first kappa shape index (κ1) is 34.6. The summed E-state index contributed by atoms with van der Waals surface area (Å²) in [4.78, 5) is 62.7. The van der Waals surface area contributed by atoms with Crippen molar-refractivity contribution in [2.24, 2.45) is 0 Å². The zero-order valence-electron chi connectivity index (χ0n) is 25.6. The number of anilines is 2. The Hall–Kier alpha value is -4.61. The maximum absolute atomic E-state index is 13.2. The SMILES string of the molecule is COC(=O)CCC(=O)Nc1ccc(NC(=O)CCC(=O)OC)c(CCN(Cc2ccccc2OC)C(=O)OC(C)(C)C)c1. The summed E-state index contributed by atoms with van der Waals surface area (Å²) >= 11 is 0. The summed E-state index contributed by atoms with van der Waals surface area (Å²) in [6, 6.07) is 12.3. The fourth-order valence-corrected chi connectivity index (χ4v) is 3.93. The highest BCUT2D eigenvalue weighted by Gasteiger charge is 2.24. The number of esters is 2. The summed E-state index contributed by atoms with van der Waals surface area (Å²) in [5, 5.41) is 5.55. The highest BCUT2D eigenvalue weighted by Crippen LogP contribution is 2.25. The highest BCUT2D eigenvalue weighted by atomic mass is 16.6. The summed E-state index contributed by atoms with van der Waals surface area (Å²) in [6.45, 7) is 5.73. The van der Waals surface area contributed by atoms with Crippen LogP contribution in [0.4, 0.5) is 16.2 Å². The largest absolute Gasteiger partial charge is 0.496 e. The molecule has 2 N–H and O–H groups in total. The second kappa shape index (κ2) is 16.7. The molecular weight excluding hydrogens is 558 g/mol. The van der Waals surface area contributed by atoms with Gasteiger partial charge in [0.2, 0.25) is 11.8 Å². The Labute approximate surface area is 252 Å². The maximum atomic E-state index is 13.2. The molecule has 0 saturated carbocycles. The number of benzene rings is 2. The molecular formula is C31H41N3O9. The molecule has 12 heteroatoms. The van der Waals surface area contributed by atoms with Gasteiger partial charge in [-0.25, -0.2) is 4.79 Å².